The number of carbonyl (C=O) groups is 1. The van der Waals surface area contributed by atoms with Crippen LogP contribution in [0.15, 0.2) is 59.5 Å². The lowest BCUT2D eigenvalue weighted by Crippen LogP contribution is -2.27. The molecule has 0 saturated carbocycles. The number of fused-ring (bicyclic) bond motifs is 1. The van der Waals surface area contributed by atoms with Crippen LogP contribution >= 0.6 is 0 Å². The highest BCUT2D eigenvalue weighted by atomic mass is 16.5. The average molecular weight is 421 g/mol. The number of carbonyl (C=O) groups excluding carboxylic acids is 1. The third-order valence-electron chi connectivity index (χ3n) is 5.71. The van der Waals surface area contributed by atoms with Crippen LogP contribution in [0.1, 0.15) is 25.3 Å². The number of nitrogens with zero attached hydrogens (tertiary/aromatic N) is 1. The number of benzene rings is 2. The fourth-order valence-electron chi connectivity index (χ4n) is 4.09. The number of para-hydroxylation sites is 1. The minimum atomic E-state index is -0.147. The Kier molecular flexibility index (Phi) is 6.67. The van der Waals surface area contributed by atoms with Crippen molar-refractivity contribution < 1.29 is 14.3 Å². The molecule has 0 atom stereocenters. The standard InChI is InChI=1S/C25H28N2O4/c1-2-31-23-9-4-3-6-19(23)16-24(28)26-22-8-5-7-21-20(22)10-13-27(25(21)29)17-18-11-14-30-15-12-18/h3-10,13,18H,2,11-12,14-17H2,1H3,(H,26,28). The second-order valence-electron chi connectivity index (χ2n) is 7.86. The Balaban J connectivity index is 1.54. The molecule has 1 saturated heterocycles. The maximum atomic E-state index is 13.1. The van der Waals surface area contributed by atoms with Crippen LogP contribution in [0, 0.1) is 5.92 Å². The van der Waals surface area contributed by atoms with Crippen LogP contribution in [-0.4, -0.2) is 30.3 Å². The largest absolute Gasteiger partial charge is 0.494 e. The van der Waals surface area contributed by atoms with E-state index in [1.807, 2.05) is 61.7 Å². The summed E-state index contributed by atoms with van der Waals surface area (Å²) >= 11 is 0. The lowest BCUT2D eigenvalue weighted by molar-refractivity contribution is -0.115. The maximum absolute atomic E-state index is 13.1. The number of anilines is 1. The molecule has 31 heavy (non-hydrogen) atoms. The van der Waals surface area contributed by atoms with Gasteiger partial charge in [0.25, 0.3) is 5.56 Å². The lowest BCUT2D eigenvalue weighted by atomic mass is 10.00. The first-order valence-electron chi connectivity index (χ1n) is 10.9. The van der Waals surface area contributed by atoms with Gasteiger partial charge in [0.1, 0.15) is 5.75 Å². The molecular formula is C25H28N2O4. The summed E-state index contributed by atoms with van der Waals surface area (Å²) in [6.45, 7) is 4.68. The SMILES string of the molecule is CCOc1ccccc1CC(=O)Nc1cccc2c(=O)n(CC3CCOCC3)ccc12. The zero-order valence-corrected chi connectivity index (χ0v) is 17.8. The molecule has 1 aromatic heterocycles. The van der Waals surface area contributed by atoms with E-state index in [0.717, 1.165) is 37.0 Å². The summed E-state index contributed by atoms with van der Waals surface area (Å²) in [5, 5.41) is 4.34. The molecule has 0 unspecified atom stereocenters. The fraction of sp³-hybridized carbons (Fsp3) is 0.360. The molecule has 0 spiro atoms. The van der Waals surface area contributed by atoms with Gasteiger partial charge in [0.15, 0.2) is 0 Å². The van der Waals surface area contributed by atoms with E-state index in [0.29, 0.717) is 35.9 Å². The van der Waals surface area contributed by atoms with Crippen LogP contribution in [0.5, 0.6) is 5.75 Å². The Morgan fingerprint density at radius 3 is 2.71 bits per heavy atom. The molecule has 2 heterocycles. The van der Waals surface area contributed by atoms with E-state index in [2.05, 4.69) is 5.32 Å². The van der Waals surface area contributed by atoms with E-state index in [1.165, 1.54) is 0 Å². The monoisotopic (exact) mass is 420 g/mol. The van der Waals surface area contributed by atoms with E-state index in [-0.39, 0.29) is 17.9 Å². The van der Waals surface area contributed by atoms with Crippen LogP contribution in [-0.2, 0) is 22.5 Å². The van der Waals surface area contributed by atoms with Crippen molar-refractivity contribution in [1.82, 2.24) is 4.57 Å². The van der Waals surface area contributed by atoms with Crippen LogP contribution in [0.25, 0.3) is 10.8 Å². The van der Waals surface area contributed by atoms with Crippen molar-refractivity contribution in [3.63, 3.8) is 0 Å². The van der Waals surface area contributed by atoms with Gasteiger partial charge in [-0.15, -0.1) is 0 Å². The predicted octanol–water partition coefficient (Wildman–Crippen LogP) is 4.01. The highest BCUT2D eigenvalue weighted by Gasteiger charge is 2.16. The normalized spacial score (nSPS) is 14.5. The summed E-state index contributed by atoms with van der Waals surface area (Å²) in [5.74, 6) is 1.03. The van der Waals surface area contributed by atoms with Crippen molar-refractivity contribution in [2.24, 2.45) is 5.92 Å². The van der Waals surface area contributed by atoms with Crippen LogP contribution in [0.2, 0.25) is 0 Å². The molecule has 162 valence electrons. The zero-order chi connectivity index (χ0) is 21.6. The van der Waals surface area contributed by atoms with E-state index in [9.17, 15) is 9.59 Å². The number of hydrogen-bond acceptors (Lipinski definition) is 4. The molecule has 0 radical (unpaired) electrons. The second kappa shape index (κ2) is 9.79. The van der Waals surface area contributed by atoms with Gasteiger partial charge in [-0.3, -0.25) is 9.59 Å². The molecule has 4 rings (SSSR count). The highest BCUT2D eigenvalue weighted by molar-refractivity contribution is 6.02. The molecule has 1 fully saturated rings. The minimum absolute atomic E-state index is 0.0261. The number of pyridine rings is 1. The first kappa shape index (κ1) is 21.1. The minimum Gasteiger partial charge on any atom is -0.494 e. The molecule has 1 aliphatic rings. The van der Waals surface area contributed by atoms with Gasteiger partial charge in [0.2, 0.25) is 5.91 Å². The topological polar surface area (TPSA) is 69.6 Å². The van der Waals surface area contributed by atoms with Crippen LogP contribution in [0.3, 0.4) is 0 Å². The third-order valence-corrected chi connectivity index (χ3v) is 5.71. The summed E-state index contributed by atoms with van der Waals surface area (Å²) < 4.78 is 12.8. The molecule has 0 aliphatic carbocycles. The van der Waals surface area contributed by atoms with E-state index in [1.54, 1.807) is 4.57 Å². The number of hydrogen-bond donors (Lipinski definition) is 1. The van der Waals surface area contributed by atoms with Gasteiger partial charge < -0.3 is 19.4 Å². The van der Waals surface area contributed by atoms with E-state index < -0.39 is 0 Å². The van der Waals surface area contributed by atoms with Gasteiger partial charge >= 0.3 is 0 Å². The van der Waals surface area contributed by atoms with Crippen LogP contribution < -0.4 is 15.6 Å². The van der Waals surface area contributed by atoms with Gasteiger partial charge in [0.05, 0.1) is 13.0 Å². The molecule has 3 aromatic rings. The first-order chi connectivity index (χ1) is 15.2. The summed E-state index contributed by atoms with van der Waals surface area (Å²) in [6, 6.07) is 14.9. The Morgan fingerprint density at radius 2 is 1.90 bits per heavy atom. The third kappa shape index (κ3) is 4.97. The smallest absolute Gasteiger partial charge is 0.258 e. The Morgan fingerprint density at radius 1 is 1.10 bits per heavy atom. The van der Waals surface area contributed by atoms with Crippen molar-refractivity contribution in [1.29, 1.82) is 0 Å². The Bertz CT molecular complexity index is 1120. The molecule has 6 nitrogen and oxygen atoms in total. The van der Waals surface area contributed by atoms with Crippen molar-refractivity contribution >= 4 is 22.4 Å². The van der Waals surface area contributed by atoms with Crippen molar-refractivity contribution in [2.75, 3.05) is 25.1 Å². The predicted molar refractivity (Wildman–Crippen MR) is 122 cm³/mol. The number of amides is 1. The number of aromatic nitrogens is 1. The van der Waals surface area contributed by atoms with E-state index in [4.69, 9.17) is 9.47 Å². The molecular weight excluding hydrogens is 392 g/mol. The zero-order valence-electron chi connectivity index (χ0n) is 17.8. The summed E-state index contributed by atoms with van der Waals surface area (Å²) in [7, 11) is 0. The van der Waals surface area contributed by atoms with Gasteiger partial charge in [-0.2, -0.15) is 0 Å². The maximum Gasteiger partial charge on any atom is 0.258 e. The van der Waals surface area contributed by atoms with Gasteiger partial charge in [-0.05, 0) is 49.9 Å². The fourth-order valence-corrected chi connectivity index (χ4v) is 4.09. The summed E-state index contributed by atoms with van der Waals surface area (Å²) in [6.07, 6.45) is 3.99. The van der Waals surface area contributed by atoms with Gasteiger partial charge in [0, 0.05) is 48.0 Å². The molecule has 1 aliphatic heterocycles. The van der Waals surface area contributed by atoms with Gasteiger partial charge in [-0.1, -0.05) is 24.3 Å². The summed E-state index contributed by atoms with van der Waals surface area (Å²) in [4.78, 5) is 25.8. The van der Waals surface area contributed by atoms with Crippen molar-refractivity contribution in [2.45, 2.75) is 32.7 Å². The quantitative estimate of drug-likeness (QED) is 0.627. The highest BCUT2D eigenvalue weighted by Crippen LogP contribution is 2.24. The molecule has 2 aromatic carbocycles. The second-order valence-corrected chi connectivity index (χ2v) is 7.86. The molecule has 6 heteroatoms. The number of nitrogens with one attached hydrogen (secondary N) is 1. The molecule has 1 N–H and O–H groups in total. The first-order valence-corrected chi connectivity index (χ1v) is 10.9. The molecule has 0 bridgehead atoms. The summed E-state index contributed by atoms with van der Waals surface area (Å²) in [5.41, 5.74) is 1.45. The van der Waals surface area contributed by atoms with E-state index >= 15 is 0 Å². The number of ether oxygens (including phenoxy) is 2. The van der Waals surface area contributed by atoms with Crippen molar-refractivity contribution in [3.8, 4) is 5.75 Å². The average Bonchev–Trinajstić information content (AvgIpc) is 2.78. The Labute approximate surface area is 181 Å². The van der Waals surface area contributed by atoms with Gasteiger partial charge in [-0.25, -0.2) is 0 Å². The number of rotatable bonds is 7. The lowest BCUT2D eigenvalue weighted by Gasteiger charge is -2.23. The Hall–Kier alpha value is -3.12. The molecule has 1 amide bonds. The van der Waals surface area contributed by atoms with Crippen LogP contribution in [0.4, 0.5) is 5.69 Å². The van der Waals surface area contributed by atoms with Crippen molar-refractivity contribution in [3.05, 3.63) is 70.6 Å².